The normalized spacial score (nSPS) is 29.1. The molecule has 2 fully saturated rings. The van der Waals surface area contributed by atoms with E-state index in [1.807, 2.05) is 0 Å². The lowest BCUT2D eigenvalue weighted by atomic mass is 9.81. The molecule has 1 amide bonds. The van der Waals surface area contributed by atoms with Gasteiger partial charge in [-0.05, 0) is 62.5 Å². The number of hydrogen-bond donors (Lipinski definition) is 1. The standard InChI is InChI=1S/C20H25NO3/c22-19(14-5-7-15(8-6-14)20(23)24)21(16-10-11-16)18-12-9-13-3-1-2-4-17(13)18/h1-4,14-16,18H,5-12H2,(H,23,24). The van der Waals surface area contributed by atoms with Crippen molar-refractivity contribution >= 4 is 11.9 Å². The molecule has 24 heavy (non-hydrogen) atoms. The Balaban J connectivity index is 1.50. The minimum absolute atomic E-state index is 0.0222. The van der Waals surface area contributed by atoms with E-state index < -0.39 is 5.97 Å². The van der Waals surface area contributed by atoms with E-state index >= 15 is 0 Å². The van der Waals surface area contributed by atoms with Gasteiger partial charge in [0.1, 0.15) is 0 Å². The molecule has 4 rings (SSSR count). The summed E-state index contributed by atoms with van der Waals surface area (Å²) in [5.74, 6) is -0.655. The Morgan fingerprint density at radius 1 is 0.917 bits per heavy atom. The fourth-order valence-electron chi connectivity index (χ4n) is 4.56. The fourth-order valence-corrected chi connectivity index (χ4v) is 4.56. The van der Waals surface area contributed by atoms with E-state index in [1.165, 1.54) is 11.1 Å². The van der Waals surface area contributed by atoms with E-state index in [-0.39, 0.29) is 23.8 Å². The van der Waals surface area contributed by atoms with Crippen LogP contribution in [0, 0.1) is 11.8 Å². The van der Waals surface area contributed by atoms with Crippen LogP contribution in [0.2, 0.25) is 0 Å². The van der Waals surface area contributed by atoms with Crippen molar-refractivity contribution in [2.75, 3.05) is 0 Å². The molecule has 1 aromatic rings. The monoisotopic (exact) mass is 327 g/mol. The van der Waals surface area contributed by atoms with Gasteiger partial charge in [-0.25, -0.2) is 0 Å². The van der Waals surface area contributed by atoms with Gasteiger partial charge in [0, 0.05) is 12.0 Å². The summed E-state index contributed by atoms with van der Waals surface area (Å²) in [5, 5.41) is 9.16. The maximum absolute atomic E-state index is 13.2. The molecule has 0 bridgehead atoms. The van der Waals surface area contributed by atoms with E-state index in [0.29, 0.717) is 18.9 Å². The van der Waals surface area contributed by atoms with Crippen molar-refractivity contribution in [3.63, 3.8) is 0 Å². The van der Waals surface area contributed by atoms with Crippen molar-refractivity contribution < 1.29 is 14.7 Å². The molecular weight excluding hydrogens is 302 g/mol. The fraction of sp³-hybridized carbons (Fsp3) is 0.600. The van der Waals surface area contributed by atoms with E-state index in [4.69, 9.17) is 5.11 Å². The lowest BCUT2D eigenvalue weighted by Gasteiger charge is -2.35. The summed E-state index contributed by atoms with van der Waals surface area (Å²) in [7, 11) is 0. The van der Waals surface area contributed by atoms with Crippen molar-refractivity contribution in [3.05, 3.63) is 35.4 Å². The highest BCUT2D eigenvalue weighted by Gasteiger charge is 2.43. The number of rotatable bonds is 4. The third kappa shape index (κ3) is 2.83. The maximum atomic E-state index is 13.2. The number of fused-ring (bicyclic) bond motifs is 1. The number of carboxylic acid groups (broad SMARTS) is 1. The lowest BCUT2D eigenvalue weighted by molar-refractivity contribution is -0.146. The third-order valence-corrected chi connectivity index (χ3v) is 6.06. The van der Waals surface area contributed by atoms with Crippen LogP contribution in [-0.2, 0) is 16.0 Å². The minimum Gasteiger partial charge on any atom is -0.481 e. The number of amides is 1. The molecule has 0 radical (unpaired) electrons. The number of carbonyl (C=O) groups is 2. The smallest absolute Gasteiger partial charge is 0.306 e. The largest absolute Gasteiger partial charge is 0.481 e. The molecule has 1 unspecified atom stereocenters. The van der Waals surface area contributed by atoms with Gasteiger partial charge in [-0.3, -0.25) is 9.59 Å². The molecule has 1 N–H and O–H groups in total. The molecule has 0 aliphatic heterocycles. The van der Waals surface area contributed by atoms with Gasteiger partial charge in [0.05, 0.1) is 12.0 Å². The second-order valence-corrected chi connectivity index (χ2v) is 7.62. The molecular formula is C20H25NO3. The van der Waals surface area contributed by atoms with Crippen LogP contribution < -0.4 is 0 Å². The number of nitrogens with zero attached hydrogens (tertiary/aromatic N) is 1. The SMILES string of the molecule is O=C(O)C1CCC(C(=O)N(C2CC2)C2CCc3ccccc32)CC1. The summed E-state index contributed by atoms with van der Waals surface area (Å²) in [6, 6.07) is 9.16. The first kappa shape index (κ1) is 15.7. The zero-order valence-corrected chi connectivity index (χ0v) is 14.0. The highest BCUT2D eigenvalue weighted by Crippen LogP contribution is 2.44. The molecule has 1 atom stereocenters. The van der Waals surface area contributed by atoms with Crippen LogP contribution in [0.1, 0.15) is 62.1 Å². The van der Waals surface area contributed by atoms with Crippen molar-refractivity contribution in [3.8, 4) is 0 Å². The van der Waals surface area contributed by atoms with Crippen LogP contribution in [-0.4, -0.2) is 27.9 Å². The Morgan fingerprint density at radius 3 is 2.25 bits per heavy atom. The van der Waals surface area contributed by atoms with Gasteiger partial charge in [-0.1, -0.05) is 24.3 Å². The predicted molar refractivity (Wildman–Crippen MR) is 90.5 cm³/mol. The first-order chi connectivity index (χ1) is 11.6. The first-order valence-corrected chi connectivity index (χ1v) is 9.28. The Labute approximate surface area is 142 Å². The Hall–Kier alpha value is -1.84. The number of carboxylic acids is 1. The Kier molecular flexibility index (Phi) is 4.07. The molecule has 0 heterocycles. The molecule has 128 valence electrons. The number of hydrogen-bond acceptors (Lipinski definition) is 2. The zero-order valence-electron chi connectivity index (χ0n) is 14.0. The topological polar surface area (TPSA) is 57.6 Å². The van der Waals surface area contributed by atoms with Gasteiger partial charge >= 0.3 is 5.97 Å². The highest BCUT2D eigenvalue weighted by molar-refractivity contribution is 5.81. The van der Waals surface area contributed by atoms with E-state index in [1.54, 1.807) is 0 Å². The van der Waals surface area contributed by atoms with Crippen LogP contribution >= 0.6 is 0 Å². The van der Waals surface area contributed by atoms with Gasteiger partial charge in [-0.2, -0.15) is 0 Å². The number of aliphatic carboxylic acids is 1. The van der Waals surface area contributed by atoms with E-state index in [0.717, 1.165) is 38.5 Å². The minimum atomic E-state index is -0.704. The quantitative estimate of drug-likeness (QED) is 0.920. The summed E-state index contributed by atoms with van der Waals surface area (Å²) in [5.41, 5.74) is 2.72. The van der Waals surface area contributed by atoms with Crippen LogP contribution in [0.4, 0.5) is 0 Å². The Bertz CT molecular complexity index is 644. The molecule has 0 saturated heterocycles. The number of benzene rings is 1. The average molecular weight is 327 g/mol. The molecule has 3 aliphatic rings. The molecule has 4 nitrogen and oxygen atoms in total. The highest BCUT2D eigenvalue weighted by atomic mass is 16.4. The van der Waals surface area contributed by atoms with Crippen LogP contribution in [0.3, 0.4) is 0 Å². The lowest BCUT2D eigenvalue weighted by Crippen LogP contribution is -2.41. The molecule has 1 aromatic carbocycles. The zero-order chi connectivity index (χ0) is 16.7. The molecule has 2 saturated carbocycles. The summed E-state index contributed by atoms with van der Waals surface area (Å²) in [4.78, 5) is 26.5. The molecule has 3 aliphatic carbocycles. The van der Waals surface area contributed by atoms with Gasteiger partial charge in [-0.15, -0.1) is 0 Å². The van der Waals surface area contributed by atoms with E-state index in [2.05, 4.69) is 29.2 Å². The second-order valence-electron chi connectivity index (χ2n) is 7.62. The Morgan fingerprint density at radius 2 is 1.58 bits per heavy atom. The van der Waals surface area contributed by atoms with Crippen molar-refractivity contribution in [1.82, 2.24) is 4.90 Å². The average Bonchev–Trinajstić information content (AvgIpc) is 3.35. The summed E-state index contributed by atoms with van der Waals surface area (Å²) < 4.78 is 0. The van der Waals surface area contributed by atoms with Crippen LogP contribution in [0.25, 0.3) is 0 Å². The second kappa shape index (κ2) is 6.23. The van der Waals surface area contributed by atoms with Gasteiger partial charge in [0.15, 0.2) is 0 Å². The van der Waals surface area contributed by atoms with Gasteiger partial charge in [0.25, 0.3) is 0 Å². The maximum Gasteiger partial charge on any atom is 0.306 e. The van der Waals surface area contributed by atoms with Crippen molar-refractivity contribution in [2.24, 2.45) is 11.8 Å². The third-order valence-electron chi connectivity index (χ3n) is 6.06. The number of carbonyl (C=O) groups excluding carboxylic acids is 1. The predicted octanol–water partition coefficient (Wildman–Crippen LogP) is 3.56. The summed E-state index contributed by atoms with van der Waals surface area (Å²) >= 11 is 0. The first-order valence-electron chi connectivity index (χ1n) is 9.28. The molecule has 0 spiro atoms. The van der Waals surface area contributed by atoms with Crippen molar-refractivity contribution in [1.29, 1.82) is 0 Å². The van der Waals surface area contributed by atoms with Gasteiger partial charge < -0.3 is 10.0 Å². The summed E-state index contributed by atoms with van der Waals surface area (Å²) in [6.07, 6.45) is 7.08. The van der Waals surface area contributed by atoms with E-state index in [9.17, 15) is 9.59 Å². The van der Waals surface area contributed by atoms with Gasteiger partial charge in [0.2, 0.25) is 5.91 Å². The van der Waals surface area contributed by atoms with Crippen LogP contribution in [0.15, 0.2) is 24.3 Å². The van der Waals surface area contributed by atoms with Crippen molar-refractivity contribution in [2.45, 2.75) is 63.5 Å². The van der Waals surface area contributed by atoms with Crippen LogP contribution in [0.5, 0.6) is 0 Å². The molecule has 0 aromatic heterocycles. The number of aryl methyl sites for hydroxylation is 1. The molecule has 4 heteroatoms. The summed E-state index contributed by atoms with van der Waals surface area (Å²) in [6.45, 7) is 0.